The number of halogens is 3. The number of para-hydroxylation sites is 1. The fourth-order valence-corrected chi connectivity index (χ4v) is 2.73. The lowest BCUT2D eigenvalue weighted by Crippen LogP contribution is -2.52. The zero-order chi connectivity index (χ0) is 18.0. The van der Waals surface area contributed by atoms with E-state index >= 15 is 0 Å². The van der Waals surface area contributed by atoms with E-state index in [0.717, 1.165) is 0 Å². The van der Waals surface area contributed by atoms with E-state index in [1.807, 2.05) is 0 Å². The van der Waals surface area contributed by atoms with E-state index in [0.29, 0.717) is 31.6 Å². The number of anilines is 1. The van der Waals surface area contributed by atoms with Crippen molar-refractivity contribution in [1.82, 2.24) is 10.3 Å². The Morgan fingerprint density at radius 1 is 1.20 bits per heavy atom. The molecule has 0 bridgehead atoms. The Morgan fingerprint density at radius 2 is 1.96 bits per heavy atom. The molecule has 5 nitrogen and oxygen atoms in total. The molecule has 0 saturated carbocycles. The van der Waals surface area contributed by atoms with Crippen molar-refractivity contribution >= 4 is 17.5 Å². The van der Waals surface area contributed by atoms with Gasteiger partial charge in [0.15, 0.2) is 11.5 Å². The van der Waals surface area contributed by atoms with Crippen molar-refractivity contribution in [3.8, 4) is 0 Å². The van der Waals surface area contributed by atoms with Gasteiger partial charge < -0.3 is 10.2 Å². The largest absolute Gasteiger partial charge is 0.339 e. The third-order valence-electron chi connectivity index (χ3n) is 3.91. The summed E-state index contributed by atoms with van der Waals surface area (Å²) >= 11 is 0. The number of benzene rings is 1. The predicted octanol–water partition coefficient (Wildman–Crippen LogP) is 2.42. The Kier molecular flexibility index (Phi) is 4.69. The van der Waals surface area contributed by atoms with Crippen molar-refractivity contribution < 1.29 is 22.8 Å². The third kappa shape index (κ3) is 3.47. The second kappa shape index (κ2) is 6.92. The second-order valence-electron chi connectivity index (χ2n) is 5.59. The summed E-state index contributed by atoms with van der Waals surface area (Å²) in [4.78, 5) is 29.3. The highest BCUT2D eigenvalue weighted by Gasteiger charge is 2.32. The maximum absolute atomic E-state index is 13.9. The summed E-state index contributed by atoms with van der Waals surface area (Å²) in [6, 6.07) is 5.42. The van der Waals surface area contributed by atoms with E-state index < -0.39 is 41.0 Å². The number of carbonyl (C=O) groups is 2. The first-order valence-corrected chi connectivity index (χ1v) is 7.65. The van der Waals surface area contributed by atoms with Gasteiger partial charge in [0.05, 0.1) is 11.9 Å². The first-order chi connectivity index (χ1) is 12.0. The number of aromatic nitrogens is 1. The van der Waals surface area contributed by atoms with Crippen LogP contribution in [-0.4, -0.2) is 29.4 Å². The molecule has 3 rings (SSSR count). The van der Waals surface area contributed by atoms with Crippen LogP contribution in [0.1, 0.15) is 23.3 Å². The molecule has 1 aliphatic heterocycles. The highest BCUT2D eigenvalue weighted by atomic mass is 19.1. The van der Waals surface area contributed by atoms with Gasteiger partial charge in [-0.25, -0.2) is 18.2 Å². The molecule has 2 heterocycles. The number of nitrogens with zero attached hydrogens (tertiary/aromatic N) is 2. The molecule has 1 aromatic carbocycles. The molecule has 0 radical (unpaired) electrons. The van der Waals surface area contributed by atoms with Crippen LogP contribution in [-0.2, 0) is 4.79 Å². The number of amides is 2. The fraction of sp³-hybridized carbons (Fsp3) is 0.235. The molecule has 1 fully saturated rings. The standard InChI is InChI=1S/C17H14F3N3O2/c18-10-8-12(20)15(21-9-10)16(24)22-13-5-3-7-23(17(13)25)14-6-2-1-4-11(14)19/h1-2,4,6,8-9,13H,3,5,7H2,(H,22,24)/t13-/m1/s1. The van der Waals surface area contributed by atoms with Crippen LogP contribution >= 0.6 is 0 Å². The van der Waals surface area contributed by atoms with Gasteiger partial charge >= 0.3 is 0 Å². The Hall–Kier alpha value is -2.90. The summed E-state index contributed by atoms with van der Waals surface area (Å²) in [5.41, 5.74) is -0.477. The van der Waals surface area contributed by atoms with E-state index in [9.17, 15) is 22.8 Å². The van der Waals surface area contributed by atoms with Gasteiger partial charge in [0.1, 0.15) is 17.7 Å². The van der Waals surface area contributed by atoms with E-state index in [1.54, 1.807) is 6.07 Å². The lowest BCUT2D eigenvalue weighted by Gasteiger charge is -2.32. The number of carbonyl (C=O) groups excluding carboxylic acids is 2. The van der Waals surface area contributed by atoms with Crippen LogP contribution in [0, 0.1) is 17.5 Å². The highest BCUT2D eigenvalue weighted by molar-refractivity contribution is 6.02. The maximum atomic E-state index is 13.9. The number of pyridine rings is 1. The summed E-state index contributed by atoms with van der Waals surface area (Å²) in [5, 5.41) is 2.39. The molecule has 0 spiro atoms. The minimum absolute atomic E-state index is 0.123. The summed E-state index contributed by atoms with van der Waals surface area (Å²) in [5.74, 6) is -3.99. The van der Waals surface area contributed by atoms with Crippen LogP contribution in [0.25, 0.3) is 0 Å². The van der Waals surface area contributed by atoms with Crippen molar-refractivity contribution in [2.45, 2.75) is 18.9 Å². The zero-order valence-corrected chi connectivity index (χ0v) is 13.0. The minimum Gasteiger partial charge on any atom is -0.339 e. The zero-order valence-electron chi connectivity index (χ0n) is 13.0. The molecular formula is C17H14F3N3O2. The molecule has 1 saturated heterocycles. The maximum Gasteiger partial charge on any atom is 0.273 e. The van der Waals surface area contributed by atoms with Gasteiger partial charge in [-0.3, -0.25) is 9.59 Å². The normalized spacial score (nSPS) is 17.5. The quantitative estimate of drug-likeness (QED) is 0.926. The number of nitrogens with one attached hydrogen (secondary N) is 1. The molecule has 0 unspecified atom stereocenters. The van der Waals surface area contributed by atoms with Crippen LogP contribution in [0.2, 0.25) is 0 Å². The van der Waals surface area contributed by atoms with Crippen molar-refractivity contribution in [3.05, 3.63) is 59.7 Å². The molecule has 25 heavy (non-hydrogen) atoms. The summed E-state index contributed by atoms with van der Waals surface area (Å²) in [7, 11) is 0. The molecule has 1 aliphatic rings. The van der Waals surface area contributed by atoms with Crippen molar-refractivity contribution in [1.29, 1.82) is 0 Å². The first-order valence-electron chi connectivity index (χ1n) is 7.65. The molecule has 1 N–H and O–H groups in total. The number of piperidine rings is 1. The Bertz CT molecular complexity index is 829. The molecule has 1 atom stereocenters. The van der Waals surface area contributed by atoms with E-state index in [1.165, 1.54) is 23.1 Å². The van der Waals surface area contributed by atoms with Gasteiger partial charge in [0, 0.05) is 12.6 Å². The van der Waals surface area contributed by atoms with Gasteiger partial charge in [0.2, 0.25) is 5.91 Å². The van der Waals surface area contributed by atoms with Gasteiger partial charge in [0.25, 0.3) is 5.91 Å². The highest BCUT2D eigenvalue weighted by Crippen LogP contribution is 2.24. The summed E-state index contributed by atoms with van der Waals surface area (Å²) < 4.78 is 40.4. The monoisotopic (exact) mass is 349 g/mol. The van der Waals surface area contributed by atoms with Crippen LogP contribution < -0.4 is 10.2 Å². The van der Waals surface area contributed by atoms with Gasteiger partial charge in [-0.2, -0.15) is 0 Å². The SMILES string of the molecule is O=C(N[C@@H]1CCCN(c2ccccc2F)C1=O)c1ncc(F)cc1F. The molecule has 2 amide bonds. The van der Waals surface area contributed by atoms with Crippen molar-refractivity contribution in [2.24, 2.45) is 0 Å². The lowest BCUT2D eigenvalue weighted by atomic mass is 10.0. The first kappa shape index (κ1) is 16.9. The van der Waals surface area contributed by atoms with E-state index in [4.69, 9.17) is 0 Å². The topological polar surface area (TPSA) is 62.3 Å². The van der Waals surface area contributed by atoms with Crippen molar-refractivity contribution in [2.75, 3.05) is 11.4 Å². The molecule has 130 valence electrons. The number of hydrogen-bond donors (Lipinski definition) is 1. The average Bonchev–Trinajstić information content (AvgIpc) is 2.57. The molecule has 1 aromatic heterocycles. The molecule has 8 heteroatoms. The number of hydrogen-bond acceptors (Lipinski definition) is 3. The number of rotatable bonds is 3. The summed E-state index contributed by atoms with van der Waals surface area (Å²) in [6.07, 6.45) is 1.58. The molecular weight excluding hydrogens is 335 g/mol. The average molecular weight is 349 g/mol. The van der Waals surface area contributed by atoms with Crippen molar-refractivity contribution in [3.63, 3.8) is 0 Å². The molecule has 2 aromatic rings. The Morgan fingerprint density at radius 3 is 2.68 bits per heavy atom. The van der Waals surface area contributed by atoms with Crippen LogP contribution in [0.3, 0.4) is 0 Å². The van der Waals surface area contributed by atoms with Crippen LogP contribution in [0.5, 0.6) is 0 Å². The second-order valence-corrected chi connectivity index (χ2v) is 5.59. The summed E-state index contributed by atoms with van der Waals surface area (Å²) in [6.45, 7) is 0.315. The fourth-order valence-electron chi connectivity index (χ4n) is 2.73. The van der Waals surface area contributed by atoms with Crippen LogP contribution in [0.4, 0.5) is 18.9 Å². The van der Waals surface area contributed by atoms with Crippen LogP contribution in [0.15, 0.2) is 36.5 Å². The molecule has 0 aliphatic carbocycles. The van der Waals surface area contributed by atoms with Gasteiger partial charge in [-0.15, -0.1) is 0 Å². The van der Waals surface area contributed by atoms with Gasteiger partial charge in [-0.1, -0.05) is 12.1 Å². The third-order valence-corrected chi connectivity index (χ3v) is 3.91. The van der Waals surface area contributed by atoms with E-state index in [2.05, 4.69) is 10.3 Å². The predicted molar refractivity (Wildman–Crippen MR) is 83.4 cm³/mol. The lowest BCUT2D eigenvalue weighted by molar-refractivity contribution is -0.121. The smallest absolute Gasteiger partial charge is 0.273 e. The van der Waals surface area contributed by atoms with Gasteiger partial charge in [-0.05, 0) is 25.0 Å². The Labute approximate surface area is 141 Å². The van der Waals surface area contributed by atoms with E-state index in [-0.39, 0.29) is 5.69 Å². The Balaban J connectivity index is 1.77. The minimum atomic E-state index is -1.12.